The number of nitrogens with zero attached hydrogens (tertiary/aromatic N) is 4. The van der Waals surface area contributed by atoms with Gasteiger partial charge in [0.2, 0.25) is 17.8 Å². The molecule has 0 saturated carbocycles. The second kappa shape index (κ2) is 7.23. The Morgan fingerprint density at radius 2 is 2.05 bits per heavy atom. The van der Waals surface area contributed by atoms with Gasteiger partial charge in [-0.3, -0.25) is 0 Å². The van der Waals surface area contributed by atoms with Crippen molar-refractivity contribution >= 4 is 17.8 Å². The van der Waals surface area contributed by atoms with Crippen LogP contribution in [0, 0.1) is 0 Å². The lowest BCUT2D eigenvalue weighted by Crippen LogP contribution is -2.37. The summed E-state index contributed by atoms with van der Waals surface area (Å²) < 4.78 is 5.33. The average Bonchev–Trinajstić information content (AvgIpc) is 2.45. The monoisotopic (exact) mass is 280 g/mol. The van der Waals surface area contributed by atoms with Gasteiger partial charge in [-0.25, -0.2) is 0 Å². The van der Waals surface area contributed by atoms with E-state index >= 15 is 0 Å². The molecule has 7 nitrogen and oxygen atoms in total. The standard InChI is InChI=1S/C13H24N6O/c1-3-4-5-10(2)15-12-16-11(14)17-13(18-12)19-6-8-20-9-7-19/h10H,3-9H2,1-2H3,(H3,14,15,16,17,18). The number of ether oxygens (including phenoxy) is 1. The van der Waals surface area contributed by atoms with E-state index in [2.05, 4.69) is 39.0 Å². The lowest BCUT2D eigenvalue weighted by Gasteiger charge is -2.27. The van der Waals surface area contributed by atoms with Crippen molar-refractivity contribution in [2.45, 2.75) is 39.2 Å². The highest BCUT2D eigenvalue weighted by atomic mass is 16.5. The molecule has 0 bridgehead atoms. The molecule has 1 aliphatic rings. The third-order valence-corrected chi connectivity index (χ3v) is 3.30. The second-order valence-corrected chi connectivity index (χ2v) is 5.10. The molecule has 1 saturated heterocycles. The molecule has 1 aliphatic heterocycles. The summed E-state index contributed by atoms with van der Waals surface area (Å²) in [7, 11) is 0. The van der Waals surface area contributed by atoms with Gasteiger partial charge in [-0.1, -0.05) is 19.8 Å². The largest absolute Gasteiger partial charge is 0.378 e. The van der Waals surface area contributed by atoms with E-state index in [1.54, 1.807) is 0 Å². The van der Waals surface area contributed by atoms with Gasteiger partial charge in [0.05, 0.1) is 13.2 Å². The number of aromatic nitrogens is 3. The summed E-state index contributed by atoms with van der Waals surface area (Å²) in [6.07, 6.45) is 3.46. The molecule has 1 unspecified atom stereocenters. The van der Waals surface area contributed by atoms with Gasteiger partial charge in [0.1, 0.15) is 0 Å². The van der Waals surface area contributed by atoms with E-state index in [1.165, 1.54) is 12.8 Å². The van der Waals surface area contributed by atoms with E-state index in [0.717, 1.165) is 19.5 Å². The lowest BCUT2D eigenvalue weighted by atomic mass is 10.1. The number of hydrogen-bond acceptors (Lipinski definition) is 7. The number of morpholine rings is 1. The number of nitrogens with one attached hydrogen (secondary N) is 1. The Morgan fingerprint density at radius 1 is 1.30 bits per heavy atom. The van der Waals surface area contributed by atoms with Gasteiger partial charge >= 0.3 is 0 Å². The first kappa shape index (κ1) is 14.8. The zero-order valence-corrected chi connectivity index (χ0v) is 12.3. The van der Waals surface area contributed by atoms with Crippen molar-refractivity contribution in [2.75, 3.05) is 42.3 Å². The zero-order valence-electron chi connectivity index (χ0n) is 12.3. The van der Waals surface area contributed by atoms with Crippen molar-refractivity contribution in [1.29, 1.82) is 0 Å². The van der Waals surface area contributed by atoms with Crippen molar-refractivity contribution in [1.82, 2.24) is 15.0 Å². The smallest absolute Gasteiger partial charge is 0.232 e. The summed E-state index contributed by atoms with van der Waals surface area (Å²) in [6.45, 7) is 7.28. The van der Waals surface area contributed by atoms with Gasteiger partial charge in [0.25, 0.3) is 0 Å². The predicted octanol–water partition coefficient (Wildman–Crippen LogP) is 1.28. The molecule has 2 rings (SSSR count). The van der Waals surface area contributed by atoms with E-state index in [4.69, 9.17) is 10.5 Å². The van der Waals surface area contributed by atoms with Crippen LogP contribution in [0.15, 0.2) is 0 Å². The van der Waals surface area contributed by atoms with Crippen molar-refractivity contribution in [3.8, 4) is 0 Å². The molecule has 0 spiro atoms. The van der Waals surface area contributed by atoms with Crippen LogP contribution >= 0.6 is 0 Å². The highest BCUT2D eigenvalue weighted by Crippen LogP contribution is 2.15. The molecular formula is C13H24N6O. The summed E-state index contributed by atoms with van der Waals surface area (Å²) in [4.78, 5) is 14.9. The van der Waals surface area contributed by atoms with Gasteiger partial charge in [-0.2, -0.15) is 15.0 Å². The van der Waals surface area contributed by atoms with Gasteiger partial charge in [0.15, 0.2) is 0 Å². The van der Waals surface area contributed by atoms with Crippen LogP contribution in [0.2, 0.25) is 0 Å². The molecule has 0 radical (unpaired) electrons. The van der Waals surface area contributed by atoms with E-state index in [-0.39, 0.29) is 5.95 Å². The summed E-state index contributed by atoms with van der Waals surface area (Å²) in [5.41, 5.74) is 5.78. The maximum absolute atomic E-state index is 5.78. The van der Waals surface area contributed by atoms with Crippen molar-refractivity contribution in [3.63, 3.8) is 0 Å². The number of unbranched alkanes of at least 4 members (excludes halogenated alkanes) is 1. The molecule has 0 amide bonds. The number of hydrogen-bond donors (Lipinski definition) is 2. The van der Waals surface area contributed by atoms with Gasteiger partial charge in [-0.15, -0.1) is 0 Å². The minimum atomic E-state index is 0.256. The molecular weight excluding hydrogens is 256 g/mol. The van der Waals surface area contributed by atoms with Crippen molar-refractivity contribution < 1.29 is 4.74 Å². The van der Waals surface area contributed by atoms with E-state index in [1.807, 2.05) is 0 Å². The summed E-state index contributed by atoms with van der Waals surface area (Å²) in [6, 6.07) is 0.328. The number of rotatable bonds is 6. The Labute approximate surface area is 119 Å². The molecule has 1 aromatic rings. The van der Waals surface area contributed by atoms with Crippen LogP contribution in [0.4, 0.5) is 17.8 Å². The van der Waals surface area contributed by atoms with Crippen LogP contribution in [0.3, 0.4) is 0 Å². The maximum Gasteiger partial charge on any atom is 0.232 e. The van der Waals surface area contributed by atoms with Crippen LogP contribution in [0.25, 0.3) is 0 Å². The fourth-order valence-electron chi connectivity index (χ4n) is 2.15. The highest BCUT2D eigenvalue weighted by molar-refractivity contribution is 5.42. The van der Waals surface area contributed by atoms with Gasteiger partial charge < -0.3 is 20.7 Å². The third kappa shape index (κ3) is 4.19. The Hall–Kier alpha value is -1.63. The molecule has 0 aliphatic carbocycles. The van der Waals surface area contributed by atoms with Crippen LogP contribution in [-0.2, 0) is 4.74 Å². The number of anilines is 3. The quantitative estimate of drug-likeness (QED) is 0.811. The van der Waals surface area contributed by atoms with Crippen molar-refractivity contribution in [2.24, 2.45) is 0 Å². The van der Waals surface area contributed by atoms with Crippen molar-refractivity contribution in [3.05, 3.63) is 0 Å². The summed E-state index contributed by atoms with van der Waals surface area (Å²) in [5, 5.41) is 3.30. The van der Waals surface area contributed by atoms with E-state index in [0.29, 0.717) is 31.2 Å². The molecule has 20 heavy (non-hydrogen) atoms. The fraction of sp³-hybridized carbons (Fsp3) is 0.769. The first-order valence-electron chi connectivity index (χ1n) is 7.30. The highest BCUT2D eigenvalue weighted by Gasteiger charge is 2.16. The van der Waals surface area contributed by atoms with Gasteiger partial charge in [-0.05, 0) is 13.3 Å². The Balaban J connectivity index is 2.03. The Bertz CT molecular complexity index is 421. The molecule has 1 fully saturated rings. The summed E-state index contributed by atoms with van der Waals surface area (Å²) in [5.74, 6) is 1.44. The maximum atomic E-state index is 5.78. The SMILES string of the molecule is CCCCC(C)Nc1nc(N)nc(N2CCOCC2)n1. The fourth-order valence-corrected chi connectivity index (χ4v) is 2.15. The van der Waals surface area contributed by atoms with Crippen LogP contribution in [-0.4, -0.2) is 47.3 Å². The molecule has 1 atom stereocenters. The predicted molar refractivity (Wildman–Crippen MR) is 79.9 cm³/mol. The Kier molecular flexibility index (Phi) is 5.34. The molecule has 0 aromatic carbocycles. The molecule has 112 valence electrons. The molecule has 2 heterocycles. The number of nitrogen functional groups attached to an aromatic ring is 1. The van der Waals surface area contributed by atoms with E-state index in [9.17, 15) is 0 Å². The van der Waals surface area contributed by atoms with Gasteiger partial charge in [0, 0.05) is 19.1 Å². The minimum Gasteiger partial charge on any atom is -0.378 e. The Morgan fingerprint density at radius 3 is 2.75 bits per heavy atom. The summed E-state index contributed by atoms with van der Waals surface area (Å²) >= 11 is 0. The molecule has 3 N–H and O–H groups in total. The van der Waals surface area contributed by atoms with Crippen LogP contribution in [0.5, 0.6) is 0 Å². The van der Waals surface area contributed by atoms with E-state index < -0.39 is 0 Å². The lowest BCUT2D eigenvalue weighted by molar-refractivity contribution is 0.122. The molecule has 7 heteroatoms. The minimum absolute atomic E-state index is 0.256. The van der Waals surface area contributed by atoms with Crippen LogP contribution < -0.4 is 16.0 Å². The molecule has 1 aromatic heterocycles. The van der Waals surface area contributed by atoms with Crippen LogP contribution in [0.1, 0.15) is 33.1 Å². The third-order valence-electron chi connectivity index (χ3n) is 3.30. The second-order valence-electron chi connectivity index (χ2n) is 5.10. The normalized spacial score (nSPS) is 17.0. The average molecular weight is 280 g/mol. The topological polar surface area (TPSA) is 89.2 Å². The first-order chi connectivity index (χ1) is 9.69. The zero-order chi connectivity index (χ0) is 14.4. The number of nitrogens with two attached hydrogens (primary N) is 1. The first-order valence-corrected chi connectivity index (χ1v) is 7.30.